The summed E-state index contributed by atoms with van der Waals surface area (Å²) in [5.74, 6) is 1.05. The summed E-state index contributed by atoms with van der Waals surface area (Å²) in [7, 11) is 1.68. The molecule has 0 heterocycles. The first-order valence-corrected chi connectivity index (χ1v) is 7.69. The lowest BCUT2D eigenvalue weighted by molar-refractivity contribution is 0.0936. The van der Waals surface area contributed by atoms with Crippen LogP contribution in [0.15, 0.2) is 12.1 Å². The van der Waals surface area contributed by atoms with Crippen LogP contribution in [-0.2, 0) is 5.41 Å². The minimum atomic E-state index is -0.0523. The third kappa shape index (κ3) is 4.31. The molecular weight excluding hydrogens is 262 g/mol. The molecule has 21 heavy (non-hydrogen) atoms. The van der Waals surface area contributed by atoms with E-state index in [-0.39, 0.29) is 11.2 Å². The van der Waals surface area contributed by atoms with E-state index in [1.165, 1.54) is 0 Å². The summed E-state index contributed by atoms with van der Waals surface area (Å²) >= 11 is 0. The summed E-state index contributed by atoms with van der Waals surface area (Å²) < 4.78 is 5.49. The lowest BCUT2D eigenvalue weighted by Gasteiger charge is -2.24. The van der Waals surface area contributed by atoms with Crippen LogP contribution in [0.2, 0.25) is 0 Å². The maximum absolute atomic E-state index is 12.6. The predicted octanol–water partition coefficient (Wildman–Crippen LogP) is 3.83. The Morgan fingerprint density at radius 3 is 2.19 bits per heavy atom. The highest BCUT2D eigenvalue weighted by Crippen LogP contribution is 2.33. The van der Waals surface area contributed by atoms with E-state index < -0.39 is 0 Å². The molecule has 1 aromatic carbocycles. The maximum Gasteiger partial charge on any atom is 0.177 e. The largest absolute Gasteiger partial charge is 0.496 e. The molecule has 0 aromatic heterocycles. The van der Waals surface area contributed by atoms with Gasteiger partial charge in [0.05, 0.1) is 13.7 Å². The van der Waals surface area contributed by atoms with Crippen molar-refractivity contribution < 1.29 is 9.53 Å². The molecule has 0 unspecified atom stereocenters. The van der Waals surface area contributed by atoms with Crippen molar-refractivity contribution in [2.75, 3.05) is 26.7 Å². The minimum Gasteiger partial charge on any atom is -0.496 e. The minimum absolute atomic E-state index is 0.0523. The monoisotopic (exact) mass is 291 g/mol. The standard InChI is InChI=1S/C18H29NO2/c1-8-19(9-2)12-16(20)14-11-15(18(4,5)6)17(21-7)10-13(14)3/h10-11H,8-9,12H2,1-7H3. The maximum atomic E-state index is 12.6. The second kappa shape index (κ2) is 7.08. The molecule has 0 saturated carbocycles. The second-order valence-electron chi connectivity index (χ2n) is 6.50. The summed E-state index contributed by atoms with van der Waals surface area (Å²) in [4.78, 5) is 14.7. The molecule has 0 aliphatic carbocycles. The van der Waals surface area contributed by atoms with E-state index in [1.54, 1.807) is 7.11 Å². The fourth-order valence-corrected chi connectivity index (χ4v) is 2.47. The first-order valence-electron chi connectivity index (χ1n) is 7.69. The van der Waals surface area contributed by atoms with Crippen molar-refractivity contribution in [3.05, 3.63) is 28.8 Å². The van der Waals surface area contributed by atoms with Crippen LogP contribution in [0, 0.1) is 6.92 Å². The zero-order chi connectivity index (χ0) is 16.2. The van der Waals surface area contributed by atoms with E-state index in [2.05, 4.69) is 39.5 Å². The van der Waals surface area contributed by atoms with E-state index in [0.717, 1.165) is 35.5 Å². The van der Waals surface area contributed by atoms with Crippen LogP contribution in [0.25, 0.3) is 0 Å². The number of hydrogen-bond acceptors (Lipinski definition) is 3. The van der Waals surface area contributed by atoms with Gasteiger partial charge in [0.15, 0.2) is 5.78 Å². The molecule has 0 fully saturated rings. The van der Waals surface area contributed by atoms with E-state index in [9.17, 15) is 4.79 Å². The molecule has 0 spiro atoms. The Hall–Kier alpha value is -1.35. The van der Waals surface area contributed by atoms with Gasteiger partial charge < -0.3 is 4.74 Å². The average Bonchev–Trinajstić information content (AvgIpc) is 2.42. The van der Waals surface area contributed by atoms with Gasteiger partial charge in [0, 0.05) is 11.1 Å². The van der Waals surface area contributed by atoms with E-state index in [4.69, 9.17) is 4.74 Å². The quantitative estimate of drug-likeness (QED) is 0.746. The molecule has 0 amide bonds. The van der Waals surface area contributed by atoms with Gasteiger partial charge in [-0.3, -0.25) is 9.69 Å². The number of methoxy groups -OCH3 is 1. The molecule has 0 aliphatic heterocycles. The summed E-state index contributed by atoms with van der Waals surface area (Å²) in [5, 5.41) is 0. The van der Waals surface area contributed by atoms with Gasteiger partial charge in [-0.25, -0.2) is 0 Å². The fraction of sp³-hybridized carbons (Fsp3) is 0.611. The Balaban J connectivity index is 3.22. The predicted molar refractivity (Wildman–Crippen MR) is 88.5 cm³/mol. The lowest BCUT2D eigenvalue weighted by atomic mass is 9.84. The average molecular weight is 291 g/mol. The number of carbonyl (C=O) groups is 1. The third-order valence-electron chi connectivity index (χ3n) is 3.92. The Kier molecular flexibility index (Phi) is 5.97. The van der Waals surface area contributed by atoms with Gasteiger partial charge >= 0.3 is 0 Å². The number of aryl methyl sites for hydroxylation is 1. The molecule has 0 bridgehead atoms. The van der Waals surface area contributed by atoms with Crippen LogP contribution in [0.4, 0.5) is 0 Å². The lowest BCUT2D eigenvalue weighted by Crippen LogP contribution is -2.30. The number of nitrogens with zero attached hydrogens (tertiary/aromatic N) is 1. The van der Waals surface area contributed by atoms with Crippen LogP contribution in [0.1, 0.15) is 56.1 Å². The fourth-order valence-electron chi connectivity index (χ4n) is 2.47. The highest BCUT2D eigenvalue weighted by Gasteiger charge is 2.22. The summed E-state index contributed by atoms with van der Waals surface area (Å²) in [6, 6.07) is 4.00. The van der Waals surface area contributed by atoms with Crippen LogP contribution in [0.5, 0.6) is 5.75 Å². The third-order valence-corrected chi connectivity index (χ3v) is 3.92. The van der Waals surface area contributed by atoms with Gasteiger partial charge in [0.2, 0.25) is 0 Å². The smallest absolute Gasteiger partial charge is 0.177 e. The van der Waals surface area contributed by atoms with Crippen molar-refractivity contribution in [1.29, 1.82) is 0 Å². The Bertz CT molecular complexity index is 497. The zero-order valence-corrected chi connectivity index (χ0v) is 14.5. The van der Waals surface area contributed by atoms with Crippen molar-refractivity contribution in [3.63, 3.8) is 0 Å². The van der Waals surface area contributed by atoms with E-state index in [0.29, 0.717) is 6.54 Å². The van der Waals surface area contributed by atoms with E-state index in [1.807, 2.05) is 19.1 Å². The molecule has 0 N–H and O–H groups in total. The van der Waals surface area contributed by atoms with Crippen molar-refractivity contribution in [2.45, 2.75) is 47.0 Å². The topological polar surface area (TPSA) is 29.5 Å². The highest BCUT2D eigenvalue weighted by atomic mass is 16.5. The summed E-state index contributed by atoms with van der Waals surface area (Å²) in [5.41, 5.74) is 2.83. The van der Waals surface area contributed by atoms with Gasteiger partial charge in [-0.1, -0.05) is 34.6 Å². The summed E-state index contributed by atoms with van der Waals surface area (Å²) in [6.45, 7) is 14.8. The Morgan fingerprint density at radius 2 is 1.76 bits per heavy atom. The van der Waals surface area contributed by atoms with Crippen molar-refractivity contribution in [1.82, 2.24) is 4.90 Å². The number of likely N-dealkylation sites (N-methyl/N-ethyl adjacent to an activating group) is 1. The highest BCUT2D eigenvalue weighted by molar-refractivity contribution is 5.99. The van der Waals surface area contributed by atoms with Gasteiger partial charge in [0.1, 0.15) is 5.75 Å². The second-order valence-corrected chi connectivity index (χ2v) is 6.50. The van der Waals surface area contributed by atoms with E-state index >= 15 is 0 Å². The van der Waals surface area contributed by atoms with Crippen LogP contribution in [-0.4, -0.2) is 37.4 Å². The SMILES string of the molecule is CCN(CC)CC(=O)c1cc(C(C)(C)C)c(OC)cc1C. The number of ketones is 1. The number of carbonyl (C=O) groups excluding carboxylic acids is 1. The first kappa shape index (κ1) is 17.7. The molecule has 3 nitrogen and oxygen atoms in total. The van der Waals surface area contributed by atoms with Crippen molar-refractivity contribution in [2.24, 2.45) is 0 Å². The molecule has 1 rings (SSSR count). The Morgan fingerprint density at radius 1 is 1.19 bits per heavy atom. The number of rotatable bonds is 6. The molecular formula is C18H29NO2. The number of benzene rings is 1. The van der Waals surface area contributed by atoms with Gasteiger partial charge in [-0.15, -0.1) is 0 Å². The molecule has 0 aliphatic rings. The van der Waals surface area contributed by atoms with Crippen molar-refractivity contribution >= 4 is 5.78 Å². The normalized spacial score (nSPS) is 11.8. The molecule has 1 aromatic rings. The number of Topliss-reactive ketones (excluding diaryl/α,β-unsaturated/α-hetero) is 1. The number of ether oxygens (including phenoxy) is 1. The van der Waals surface area contributed by atoms with Gasteiger partial charge in [-0.2, -0.15) is 0 Å². The Labute approximate surface area is 129 Å². The molecule has 3 heteroatoms. The van der Waals surface area contributed by atoms with Crippen molar-refractivity contribution in [3.8, 4) is 5.75 Å². The van der Waals surface area contributed by atoms with Gasteiger partial charge in [-0.05, 0) is 43.1 Å². The van der Waals surface area contributed by atoms with Crippen LogP contribution < -0.4 is 4.74 Å². The van der Waals surface area contributed by atoms with Crippen LogP contribution in [0.3, 0.4) is 0 Å². The van der Waals surface area contributed by atoms with Crippen LogP contribution >= 0.6 is 0 Å². The molecule has 0 saturated heterocycles. The first-order chi connectivity index (χ1) is 9.74. The molecule has 0 radical (unpaired) electrons. The van der Waals surface area contributed by atoms with Gasteiger partial charge in [0.25, 0.3) is 0 Å². The zero-order valence-electron chi connectivity index (χ0n) is 14.5. The molecule has 118 valence electrons. The number of hydrogen-bond donors (Lipinski definition) is 0. The summed E-state index contributed by atoms with van der Waals surface area (Å²) in [6.07, 6.45) is 0. The molecule has 0 atom stereocenters.